The maximum atomic E-state index is 4.18. The highest BCUT2D eigenvalue weighted by molar-refractivity contribution is 7.15. The number of hydrogen-bond donors (Lipinski definition) is 1. The largest absolute Gasteiger partial charge is 0.360 e. The molecule has 2 aromatic rings. The van der Waals surface area contributed by atoms with E-state index in [1.165, 1.54) is 0 Å². The molecule has 0 bridgehead atoms. The summed E-state index contributed by atoms with van der Waals surface area (Å²) in [5, 5.41) is 17.3. The average Bonchev–Trinajstić information content (AvgIpc) is 2.87. The highest BCUT2D eigenvalue weighted by atomic mass is 32.1. The molecular formula is C10H15N5S. The topological polar surface area (TPSA) is 55.6 Å². The van der Waals surface area contributed by atoms with E-state index in [1.807, 2.05) is 23.9 Å². The van der Waals surface area contributed by atoms with Crippen LogP contribution >= 0.6 is 11.3 Å². The van der Waals surface area contributed by atoms with Gasteiger partial charge in [0, 0.05) is 25.5 Å². The van der Waals surface area contributed by atoms with Crippen LogP contribution in [0.15, 0.2) is 18.5 Å². The Labute approximate surface area is 98.5 Å². The number of aryl methyl sites for hydroxylation is 1. The van der Waals surface area contributed by atoms with Crippen LogP contribution in [0.2, 0.25) is 0 Å². The SMILES string of the molecule is Cc1nnc(NC[C@@H](C)Cn2cccn2)s1. The summed E-state index contributed by atoms with van der Waals surface area (Å²) in [5.74, 6) is 0.504. The van der Waals surface area contributed by atoms with Gasteiger partial charge in [0.25, 0.3) is 0 Å². The van der Waals surface area contributed by atoms with Crippen LogP contribution in [-0.4, -0.2) is 26.5 Å². The maximum Gasteiger partial charge on any atom is 0.205 e. The minimum absolute atomic E-state index is 0.504. The van der Waals surface area contributed by atoms with Gasteiger partial charge in [0.2, 0.25) is 5.13 Å². The molecule has 0 fully saturated rings. The van der Waals surface area contributed by atoms with Crippen LogP contribution in [0.4, 0.5) is 5.13 Å². The molecule has 6 heteroatoms. The summed E-state index contributed by atoms with van der Waals surface area (Å²) in [6.07, 6.45) is 3.78. The van der Waals surface area contributed by atoms with Crippen LogP contribution in [0.3, 0.4) is 0 Å². The average molecular weight is 237 g/mol. The van der Waals surface area contributed by atoms with Crippen molar-refractivity contribution in [2.75, 3.05) is 11.9 Å². The first-order valence-electron chi connectivity index (χ1n) is 5.25. The van der Waals surface area contributed by atoms with Gasteiger partial charge in [0.1, 0.15) is 5.01 Å². The van der Waals surface area contributed by atoms with E-state index in [-0.39, 0.29) is 0 Å². The molecule has 5 nitrogen and oxygen atoms in total. The molecule has 0 saturated carbocycles. The van der Waals surface area contributed by atoms with Gasteiger partial charge in [0.15, 0.2) is 0 Å². The maximum absolute atomic E-state index is 4.18. The fourth-order valence-corrected chi connectivity index (χ4v) is 2.02. The monoisotopic (exact) mass is 237 g/mol. The third-order valence-electron chi connectivity index (χ3n) is 2.19. The Morgan fingerprint density at radius 3 is 3.00 bits per heavy atom. The number of aromatic nitrogens is 4. The van der Waals surface area contributed by atoms with Crippen molar-refractivity contribution in [3.05, 3.63) is 23.5 Å². The molecular weight excluding hydrogens is 222 g/mol. The smallest absolute Gasteiger partial charge is 0.205 e. The van der Waals surface area contributed by atoms with Gasteiger partial charge in [-0.05, 0) is 18.9 Å². The number of nitrogens with one attached hydrogen (secondary N) is 1. The van der Waals surface area contributed by atoms with Gasteiger partial charge in [-0.15, -0.1) is 10.2 Å². The molecule has 0 aliphatic rings. The minimum atomic E-state index is 0.504. The second-order valence-electron chi connectivity index (χ2n) is 3.84. The van der Waals surface area contributed by atoms with Crippen LogP contribution in [0.1, 0.15) is 11.9 Å². The normalized spacial score (nSPS) is 12.6. The molecule has 2 heterocycles. The summed E-state index contributed by atoms with van der Waals surface area (Å²) < 4.78 is 1.94. The van der Waals surface area contributed by atoms with E-state index in [0.29, 0.717) is 5.92 Å². The van der Waals surface area contributed by atoms with Crippen molar-refractivity contribution in [3.8, 4) is 0 Å². The van der Waals surface area contributed by atoms with Crippen LogP contribution in [0.25, 0.3) is 0 Å². The molecule has 16 heavy (non-hydrogen) atoms. The Morgan fingerprint density at radius 2 is 2.38 bits per heavy atom. The van der Waals surface area contributed by atoms with Gasteiger partial charge in [-0.25, -0.2) is 0 Å². The zero-order chi connectivity index (χ0) is 11.4. The minimum Gasteiger partial charge on any atom is -0.360 e. The molecule has 86 valence electrons. The Balaban J connectivity index is 1.77. The van der Waals surface area contributed by atoms with Crippen LogP contribution in [0.5, 0.6) is 0 Å². The lowest BCUT2D eigenvalue weighted by Crippen LogP contribution is -2.17. The van der Waals surface area contributed by atoms with E-state index in [9.17, 15) is 0 Å². The predicted octanol–water partition coefficient (Wildman–Crippen LogP) is 1.79. The van der Waals surface area contributed by atoms with E-state index in [2.05, 4.69) is 27.5 Å². The molecule has 0 radical (unpaired) electrons. The van der Waals surface area contributed by atoms with E-state index in [1.54, 1.807) is 17.5 Å². The third-order valence-corrected chi connectivity index (χ3v) is 2.98. The molecule has 0 amide bonds. The lowest BCUT2D eigenvalue weighted by Gasteiger charge is -2.11. The fraction of sp³-hybridized carbons (Fsp3) is 0.500. The first-order chi connectivity index (χ1) is 7.74. The second-order valence-corrected chi connectivity index (χ2v) is 5.02. The van der Waals surface area contributed by atoms with E-state index >= 15 is 0 Å². The number of rotatable bonds is 5. The van der Waals surface area contributed by atoms with Crippen molar-refractivity contribution < 1.29 is 0 Å². The predicted molar refractivity (Wildman–Crippen MR) is 64.5 cm³/mol. The molecule has 0 aliphatic heterocycles. The first-order valence-corrected chi connectivity index (χ1v) is 6.07. The Bertz CT molecular complexity index is 422. The highest BCUT2D eigenvalue weighted by Crippen LogP contribution is 2.14. The standard InChI is InChI=1S/C10H15N5S/c1-8(7-15-5-3-4-12-15)6-11-10-14-13-9(2)16-10/h3-5,8H,6-7H2,1-2H3,(H,11,14)/t8-/m1/s1. The van der Waals surface area contributed by atoms with Crippen LogP contribution in [0, 0.1) is 12.8 Å². The van der Waals surface area contributed by atoms with Crippen LogP contribution < -0.4 is 5.32 Å². The summed E-state index contributed by atoms with van der Waals surface area (Å²) in [7, 11) is 0. The van der Waals surface area contributed by atoms with E-state index in [0.717, 1.165) is 23.2 Å². The Hall–Kier alpha value is -1.43. The lowest BCUT2D eigenvalue weighted by molar-refractivity contribution is 0.467. The van der Waals surface area contributed by atoms with Crippen molar-refractivity contribution in [3.63, 3.8) is 0 Å². The molecule has 1 atom stereocenters. The van der Waals surface area contributed by atoms with Crippen LogP contribution in [-0.2, 0) is 6.54 Å². The van der Waals surface area contributed by atoms with Gasteiger partial charge in [0.05, 0.1) is 0 Å². The van der Waals surface area contributed by atoms with Crippen molar-refractivity contribution in [1.82, 2.24) is 20.0 Å². The number of nitrogens with zero attached hydrogens (tertiary/aromatic N) is 4. The lowest BCUT2D eigenvalue weighted by atomic mass is 10.2. The summed E-state index contributed by atoms with van der Waals surface area (Å²) >= 11 is 1.58. The molecule has 2 rings (SSSR count). The highest BCUT2D eigenvalue weighted by Gasteiger charge is 2.05. The molecule has 0 saturated heterocycles. The molecule has 0 spiro atoms. The third kappa shape index (κ3) is 3.03. The molecule has 1 N–H and O–H groups in total. The van der Waals surface area contributed by atoms with Crippen molar-refractivity contribution in [2.24, 2.45) is 5.92 Å². The zero-order valence-corrected chi connectivity index (χ0v) is 10.2. The summed E-state index contributed by atoms with van der Waals surface area (Å²) in [5.41, 5.74) is 0. The Kier molecular flexibility index (Phi) is 3.51. The fourth-order valence-electron chi connectivity index (χ4n) is 1.42. The number of hydrogen-bond acceptors (Lipinski definition) is 5. The second kappa shape index (κ2) is 5.07. The Morgan fingerprint density at radius 1 is 1.50 bits per heavy atom. The zero-order valence-electron chi connectivity index (χ0n) is 9.42. The van der Waals surface area contributed by atoms with Crippen molar-refractivity contribution in [1.29, 1.82) is 0 Å². The quantitative estimate of drug-likeness (QED) is 0.861. The summed E-state index contributed by atoms with van der Waals surface area (Å²) in [6, 6.07) is 1.94. The van der Waals surface area contributed by atoms with Gasteiger partial charge in [-0.2, -0.15) is 5.10 Å². The molecule has 0 unspecified atom stereocenters. The first kappa shape index (κ1) is 11.1. The summed E-state index contributed by atoms with van der Waals surface area (Å²) in [6.45, 7) is 5.94. The molecule has 0 aliphatic carbocycles. The van der Waals surface area contributed by atoms with E-state index < -0.39 is 0 Å². The van der Waals surface area contributed by atoms with Gasteiger partial charge >= 0.3 is 0 Å². The number of anilines is 1. The van der Waals surface area contributed by atoms with Gasteiger partial charge < -0.3 is 5.32 Å². The van der Waals surface area contributed by atoms with Crippen molar-refractivity contribution >= 4 is 16.5 Å². The van der Waals surface area contributed by atoms with Gasteiger partial charge in [-0.1, -0.05) is 18.3 Å². The molecule has 2 aromatic heterocycles. The van der Waals surface area contributed by atoms with Crippen molar-refractivity contribution in [2.45, 2.75) is 20.4 Å². The van der Waals surface area contributed by atoms with Gasteiger partial charge in [-0.3, -0.25) is 4.68 Å². The summed E-state index contributed by atoms with van der Waals surface area (Å²) in [4.78, 5) is 0. The molecule has 0 aromatic carbocycles. The van der Waals surface area contributed by atoms with E-state index in [4.69, 9.17) is 0 Å².